The van der Waals surface area contributed by atoms with Crippen molar-refractivity contribution in [1.29, 1.82) is 0 Å². The van der Waals surface area contributed by atoms with Crippen molar-refractivity contribution in [2.45, 2.75) is 44.7 Å². The van der Waals surface area contributed by atoms with Crippen LogP contribution in [0, 0.1) is 0 Å². The van der Waals surface area contributed by atoms with Gasteiger partial charge < -0.3 is 15.3 Å². The van der Waals surface area contributed by atoms with Crippen LogP contribution in [0.4, 0.5) is 5.69 Å². The fourth-order valence-corrected chi connectivity index (χ4v) is 2.80. The first-order valence-corrected chi connectivity index (χ1v) is 7.38. The highest BCUT2D eigenvalue weighted by Gasteiger charge is 2.34. The van der Waals surface area contributed by atoms with Gasteiger partial charge in [-0.15, -0.1) is 0 Å². The summed E-state index contributed by atoms with van der Waals surface area (Å²) in [7, 11) is 0. The second-order valence-electron chi connectivity index (χ2n) is 5.71. The van der Waals surface area contributed by atoms with E-state index in [4.69, 9.17) is 0 Å². The first-order valence-electron chi connectivity index (χ1n) is 7.38. The Morgan fingerprint density at radius 3 is 2.42 bits per heavy atom. The van der Waals surface area contributed by atoms with Crippen LogP contribution in [0.3, 0.4) is 0 Å². The van der Waals surface area contributed by atoms with Crippen LogP contribution in [0.25, 0.3) is 0 Å². The second-order valence-corrected chi connectivity index (χ2v) is 5.71. The van der Waals surface area contributed by atoms with Gasteiger partial charge in [-0.05, 0) is 38.3 Å². The van der Waals surface area contributed by atoms with Gasteiger partial charge in [0.15, 0.2) is 0 Å². The summed E-state index contributed by atoms with van der Waals surface area (Å²) in [5.74, 6) is 0. The molecule has 1 unspecified atom stereocenters. The summed E-state index contributed by atoms with van der Waals surface area (Å²) in [4.78, 5) is 2.41. The lowest BCUT2D eigenvalue weighted by atomic mass is 9.87. The maximum absolute atomic E-state index is 9.76. The van der Waals surface area contributed by atoms with Gasteiger partial charge in [0, 0.05) is 30.4 Å². The number of benzene rings is 1. The van der Waals surface area contributed by atoms with Crippen molar-refractivity contribution in [3.05, 3.63) is 30.3 Å². The monoisotopic (exact) mass is 262 g/mol. The van der Waals surface area contributed by atoms with Crippen LogP contribution < -0.4 is 10.2 Å². The van der Waals surface area contributed by atoms with Gasteiger partial charge in [-0.25, -0.2) is 0 Å². The molecule has 1 aromatic rings. The van der Waals surface area contributed by atoms with Gasteiger partial charge >= 0.3 is 0 Å². The van der Waals surface area contributed by atoms with Crippen LogP contribution >= 0.6 is 0 Å². The van der Waals surface area contributed by atoms with Gasteiger partial charge in [0.2, 0.25) is 0 Å². The molecule has 1 aromatic carbocycles. The molecule has 1 saturated heterocycles. The van der Waals surface area contributed by atoms with Crippen LogP contribution in [0.1, 0.15) is 33.1 Å². The highest BCUT2D eigenvalue weighted by molar-refractivity contribution is 5.46. The van der Waals surface area contributed by atoms with Gasteiger partial charge in [-0.1, -0.05) is 25.1 Å². The summed E-state index contributed by atoms with van der Waals surface area (Å²) in [6, 6.07) is 11.0. The number of hydrogen-bond donors (Lipinski definition) is 2. The van der Waals surface area contributed by atoms with E-state index >= 15 is 0 Å². The largest absolute Gasteiger partial charge is 0.394 e. The van der Waals surface area contributed by atoms with Gasteiger partial charge in [-0.2, -0.15) is 0 Å². The quantitative estimate of drug-likeness (QED) is 0.855. The number of anilines is 1. The molecule has 106 valence electrons. The first kappa shape index (κ1) is 14.4. The topological polar surface area (TPSA) is 35.5 Å². The SMILES string of the molecule is CCC(C)NC1(CO)CCN(c2ccccc2)CC1. The Labute approximate surface area is 116 Å². The van der Waals surface area contributed by atoms with Gasteiger partial charge in [-0.3, -0.25) is 0 Å². The molecule has 3 nitrogen and oxygen atoms in total. The Morgan fingerprint density at radius 2 is 1.89 bits per heavy atom. The number of aliphatic hydroxyl groups is 1. The van der Waals surface area contributed by atoms with Crippen molar-refractivity contribution < 1.29 is 5.11 Å². The molecule has 0 amide bonds. The van der Waals surface area contributed by atoms with Gasteiger partial charge in [0.05, 0.1) is 6.61 Å². The summed E-state index contributed by atoms with van der Waals surface area (Å²) in [5.41, 5.74) is 1.21. The average Bonchev–Trinajstić information content (AvgIpc) is 2.48. The Kier molecular flexibility index (Phi) is 4.83. The van der Waals surface area contributed by atoms with Gasteiger partial charge in [0.25, 0.3) is 0 Å². The molecule has 1 heterocycles. The van der Waals surface area contributed by atoms with E-state index in [0.717, 1.165) is 32.4 Å². The van der Waals surface area contributed by atoms with Crippen molar-refractivity contribution in [2.24, 2.45) is 0 Å². The van der Waals surface area contributed by atoms with Crippen molar-refractivity contribution in [3.63, 3.8) is 0 Å². The zero-order valence-electron chi connectivity index (χ0n) is 12.1. The third kappa shape index (κ3) is 3.48. The van der Waals surface area contributed by atoms with E-state index < -0.39 is 0 Å². The fourth-order valence-electron chi connectivity index (χ4n) is 2.80. The summed E-state index contributed by atoms with van der Waals surface area (Å²) in [6.45, 7) is 6.63. The molecule has 1 fully saturated rings. The first-order chi connectivity index (χ1) is 9.19. The predicted octanol–water partition coefficient (Wildman–Crippen LogP) is 2.41. The van der Waals surface area contributed by atoms with Crippen molar-refractivity contribution >= 4 is 5.69 Å². The number of aliphatic hydroxyl groups excluding tert-OH is 1. The molecule has 0 bridgehead atoms. The Morgan fingerprint density at radius 1 is 1.26 bits per heavy atom. The number of para-hydroxylation sites is 1. The van der Waals surface area contributed by atoms with Gasteiger partial charge in [0.1, 0.15) is 0 Å². The van der Waals surface area contributed by atoms with Crippen LogP contribution in [0.2, 0.25) is 0 Å². The molecule has 3 heteroatoms. The summed E-state index contributed by atoms with van der Waals surface area (Å²) in [6.07, 6.45) is 3.11. The van der Waals surface area contributed by atoms with E-state index in [1.807, 2.05) is 0 Å². The molecular formula is C16H26N2O. The molecule has 0 radical (unpaired) electrons. The van der Waals surface area contributed by atoms with Crippen molar-refractivity contribution in [1.82, 2.24) is 5.32 Å². The van der Waals surface area contributed by atoms with Crippen molar-refractivity contribution in [3.8, 4) is 0 Å². The summed E-state index contributed by atoms with van der Waals surface area (Å²) < 4.78 is 0. The van der Waals surface area contributed by atoms with Crippen LogP contribution in [-0.2, 0) is 0 Å². The third-order valence-corrected chi connectivity index (χ3v) is 4.31. The minimum atomic E-state index is -0.0826. The number of piperidine rings is 1. The molecule has 19 heavy (non-hydrogen) atoms. The second kappa shape index (κ2) is 6.40. The molecule has 1 aliphatic heterocycles. The molecule has 0 spiro atoms. The molecule has 1 aliphatic rings. The lowest BCUT2D eigenvalue weighted by Gasteiger charge is -2.43. The zero-order valence-corrected chi connectivity index (χ0v) is 12.1. The highest BCUT2D eigenvalue weighted by Crippen LogP contribution is 2.26. The molecule has 0 aromatic heterocycles. The minimum Gasteiger partial charge on any atom is -0.394 e. The molecule has 2 rings (SSSR count). The van der Waals surface area contributed by atoms with E-state index in [1.54, 1.807) is 0 Å². The Bertz CT molecular complexity index is 372. The maximum Gasteiger partial charge on any atom is 0.0614 e. The van der Waals surface area contributed by atoms with E-state index in [-0.39, 0.29) is 12.1 Å². The van der Waals surface area contributed by atoms with Crippen LogP contribution in [0.5, 0.6) is 0 Å². The number of nitrogens with zero attached hydrogens (tertiary/aromatic N) is 1. The molecule has 1 atom stereocenters. The smallest absolute Gasteiger partial charge is 0.0614 e. The normalized spacial score (nSPS) is 20.3. The molecular weight excluding hydrogens is 236 g/mol. The third-order valence-electron chi connectivity index (χ3n) is 4.31. The van der Waals surface area contributed by atoms with E-state index in [2.05, 4.69) is 54.4 Å². The van der Waals surface area contributed by atoms with E-state index in [1.165, 1.54) is 5.69 Å². The van der Waals surface area contributed by atoms with Crippen LogP contribution in [0.15, 0.2) is 30.3 Å². The highest BCUT2D eigenvalue weighted by atomic mass is 16.3. The summed E-state index contributed by atoms with van der Waals surface area (Å²) >= 11 is 0. The Hall–Kier alpha value is -1.06. The minimum absolute atomic E-state index is 0.0826. The van der Waals surface area contributed by atoms with E-state index in [9.17, 15) is 5.11 Å². The summed E-state index contributed by atoms with van der Waals surface area (Å²) in [5, 5.41) is 13.4. The van der Waals surface area contributed by atoms with Crippen molar-refractivity contribution in [2.75, 3.05) is 24.6 Å². The standard InChI is InChI=1S/C16H26N2O/c1-3-14(2)17-16(13-19)9-11-18(12-10-16)15-7-5-4-6-8-15/h4-8,14,17,19H,3,9-13H2,1-2H3. The lowest BCUT2D eigenvalue weighted by Crippen LogP contribution is -2.58. The van der Waals surface area contributed by atoms with E-state index in [0.29, 0.717) is 6.04 Å². The molecule has 2 N–H and O–H groups in total. The number of hydrogen-bond acceptors (Lipinski definition) is 3. The average molecular weight is 262 g/mol. The number of nitrogens with one attached hydrogen (secondary N) is 1. The maximum atomic E-state index is 9.76. The molecule has 0 saturated carbocycles. The Balaban J connectivity index is 1.97. The zero-order chi connectivity index (χ0) is 13.7. The lowest BCUT2D eigenvalue weighted by molar-refractivity contribution is 0.122. The number of rotatable bonds is 5. The molecule has 0 aliphatic carbocycles. The predicted molar refractivity (Wildman–Crippen MR) is 80.6 cm³/mol. The fraction of sp³-hybridized carbons (Fsp3) is 0.625. The van der Waals surface area contributed by atoms with Crippen LogP contribution in [-0.4, -0.2) is 36.4 Å².